The third-order valence-corrected chi connectivity index (χ3v) is 5.26. The second kappa shape index (κ2) is 12.6. The molecule has 0 aromatic heterocycles. The van der Waals surface area contributed by atoms with Gasteiger partial charge in [-0.3, -0.25) is 9.69 Å². The predicted molar refractivity (Wildman–Crippen MR) is 114 cm³/mol. The van der Waals surface area contributed by atoms with Crippen molar-refractivity contribution in [3.8, 4) is 0 Å². The summed E-state index contributed by atoms with van der Waals surface area (Å²) in [6, 6.07) is 11.0. The monoisotopic (exact) mass is 417 g/mol. The lowest BCUT2D eigenvalue weighted by atomic mass is 10.0. The number of morpholine rings is 1. The Hall–Kier alpha value is -0.850. The zero-order chi connectivity index (χ0) is 17.5. The van der Waals surface area contributed by atoms with Gasteiger partial charge in [-0.1, -0.05) is 37.3 Å². The second-order valence-corrected chi connectivity index (χ2v) is 7.21. The summed E-state index contributed by atoms with van der Waals surface area (Å²) in [4.78, 5) is 14.8. The van der Waals surface area contributed by atoms with Crippen LogP contribution in [0.15, 0.2) is 30.3 Å². The molecule has 7 heteroatoms. The van der Waals surface area contributed by atoms with Gasteiger partial charge in [-0.2, -0.15) is 0 Å². The van der Waals surface area contributed by atoms with E-state index in [1.807, 2.05) is 6.07 Å². The van der Waals surface area contributed by atoms with Crippen LogP contribution in [0.4, 0.5) is 0 Å². The summed E-state index contributed by atoms with van der Waals surface area (Å²) in [5.74, 6) is 0.148. The van der Waals surface area contributed by atoms with Crippen LogP contribution < -0.4 is 10.6 Å². The molecule has 2 fully saturated rings. The molecule has 0 radical (unpaired) electrons. The molecule has 0 saturated carbocycles. The highest BCUT2D eigenvalue weighted by molar-refractivity contribution is 5.85. The molecule has 3 unspecified atom stereocenters. The first-order chi connectivity index (χ1) is 12.2. The minimum Gasteiger partial charge on any atom is -0.373 e. The van der Waals surface area contributed by atoms with Crippen molar-refractivity contribution < 1.29 is 9.53 Å². The molecule has 27 heavy (non-hydrogen) atoms. The Morgan fingerprint density at radius 3 is 2.78 bits per heavy atom. The van der Waals surface area contributed by atoms with Crippen LogP contribution in [-0.2, 0) is 16.1 Å². The standard InChI is InChI=1S/C20H31N3O2.2ClH/c1-2-18(22-20(24)13-17-9-6-10-21-17)19-15-23(11-12-25-19)14-16-7-4-3-5-8-16;;/h3-5,7-8,17-19,21H,2,6,9-15H2,1H3,(H,22,24);2*1H. The molecule has 2 heterocycles. The number of ether oxygens (including phenoxy) is 1. The molecule has 3 atom stereocenters. The largest absolute Gasteiger partial charge is 0.373 e. The zero-order valence-corrected chi connectivity index (χ0v) is 17.7. The number of carbonyl (C=O) groups is 1. The Balaban J connectivity index is 0.00000182. The van der Waals surface area contributed by atoms with Crippen molar-refractivity contribution >= 4 is 30.7 Å². The Morgan fingerprint density at radius 2 is 2.11 bits per heavy atom. The molecule has 0 aliphatic carbocycles. The normalized spacial score (nSPS) is 23.7. The number of benzene rings is 1. The molecule has 2 saturated heterocycles. The van der Waals surface area contributed by atoms with Gasteiger partial charge in [0, 0.05) is 32.1 Å². The third-order valence-electron chi connectivity index (χ3n) is 5.26. The Morgan fingerprint density at radius 1 is 1.33 bits per heavy atom. The molecule has 2 N–H and O–H groups in total. The molecule has 3 rings (SSSR count). The SMILES string of the molecule is CCC(NC(=O)CC1CCCN1)C1CN(Cc2ccccc2)CCO1.Cl.Cl. The zero-order valence-electron chi connectivity index (χ0n) is 16.1. The van der Waals surface area contributed by atoms with Gasteiger partial charge in [0.05, 0.1) is 18.8 Å². The van der Waals surface area contributed by atoms with Gasteiger partial charge in [0.1, 0.15) is 0 Å². The highest BCUT2D eigenvalue weighted by Crippen LogP contribution is 2.15. The molecular weight excluding hydrogens is 385 g/mol. The molecule has 1 amide bonds. The molecular formula is C20H33Cl2N3O2. The van der Waals surface area contributed by atoms with Crippen LogP contribution in [0.2, 0.25) is 0 Å². The number of carbonyl (C=O) groups excluding carboxylic acids is 1. The van der Waals surface area contributed by atoms with E-state index in [2.05, 4.69) is 46.7 Å². The number of nitrogens with zero attached hydrogens (tertiary/aromatic N) is 1. The fraction of sp³-hybridized carbons (Fsp3) is 0.650. The Bertz CT molecular complexity index is 541. The molecule has 0 spiro atoms. The summed E-state index contributed by atoms with van der Waals surface area (Å²) in [6.45, 7) is 6.65. The van der Waals surface area contributed by atoms with Gasteiger partial charge in [0.15, 0.2) is 0 Å². The summed E-state index contributed by atoms with van der Waals surface area (Å²) in [6.07, 6.45) is 3.83. The van der Waals surface area contributed by atoms with Gasteiger partial charge in [-0.15, -0.1) is 24.8 Å². The molecule has 154 valence electrons. The van der Waals surface area contributed by atoms with Crippen LogP contribution in [0.25, 0.3) is 0 Å². The van der Waals surface area contributed by atoms with E-state index in [0.717, 1.165) is 45.6 Å². The molecule has 2 aliphatic rings. The van der Waals surface area contributed by atoms with Gasteiger partial charge >= 0.3 is 0 Å². The maximum absolute atomic E-state index is 12.4. The van der Waals surface area contributed by atoms with Crippen LogP contribution >= 0.6 is 24.8 Å². The van der Waals surface area contributed by atoms with Crippen LogP contribution in [-0.4, -0.2) is 55.2 Å². The van der Waals surface area contributed by atoms with Crippen molar-refractivity contribution in [3.05, 3.63) is 35.9 Å². The van der Waals surface area contributed by atoms with E-state index >= 15 is 0 Å². The van der Waals surface area contributed by atoms with E-state index in [9.17, 15) is 4.79 Å². The lowest BCUT2D eigenvalue weighted by Crippen LogP contribution is -2.53. The third kappa shape index (κ3) is 7.59. The smallest absolute Gasteiger partial charge is 0.221 e. The van der Waals surface area contributed by atoms with E-state index in [1.165, 1.54) is 12.0 Å². The summed E-state index contributed by atoms with van der Waals surface area (Å²) in [7, 11) is 0. The van der Waals surface area contributed by atoms with Gasteiger partial charge in [-0.25, -0.2) is 0 Å². The fourth-order valence-electron chi connectivity index (χ4n) is 3.84. The second-order valence-electron chi connectivity index (χ2n) is 7.21. The Kier molecular flexibility index (Phi) is 11.3. The number of nitrogens with one attached hydrogen (secondary N) is 2. The lowest BCUT2D eigenvalue weighted by Gasteiger charge is -2.37. The summed E-state index contributed by atoms with van der Waals surface area (Å²) < 4.78 is 6.00. The van der Waals surface area contributed by atoms with Gasteiger partial charge in [-0.05, 0) is 31.4 Å². The first-order valence-electron chi connectivity index (χ1n) is 9.65. The molecule has 2 aliphatic heterocycles. The summed E-state index contributed by atoms with van der Waals surface area (Å²) >= 11 is 0. The lowest BCUT2D eigenvalue weighted by molar-refractivity contribution is -0.124. The van der Waals surface area contributed by atoms with E-state index < -0.39 is 0 Å². The summed E-state index contributed by atoms with van der Waals surface area (Å²) in [5, 5.41) is 6.61. The van der Waals surface area contributed by atoms with Crippen LogP contribution in [0, 0.1) is 0 Å². The van der Waals surface area contributed by atoms with Crippen LogP contribution in [0.5, 0.6) is 0 Å². The first kappa shape index (κ1) is 24.2. The predicted octanol–water partition coefficient (Wildman–Crippen LogP) is 2.77. The van der Waals surface area contributed by atoms with Crippen molar-refractivity contribution in [1.82, 2.24) is 15.5 Å². The minimum atomic E-state index is 0. The topological polar surface area (TPSA) is 53.6 Å². The van der Waals surface area contributed by atoms with Crippen molar-refractivity contribution in [2.24, 2.45) is 0 Å². The first-order valence-corrected chi connectivity index (χ1v) is 9.65. The van der Waals surface area contributed by atoms with Crippen molar-refractivity contribution in [2.45, 2.75) is 57.3 Å². The van der Waals surface area contributed by atoms with Crippen molar-refractivity contribution in [3.63, 3.8) is 0 Å². The fourth-order valence-corrected chi connectivity index (χ4v) is 3.84. The average Bonchev–Trinajstić information content (AvgIpc) is 3.13. The highest BCUT2D eigenvalue weighted by Gasteiger charge is 2.29. The number of halogens is 2. The van der Waals surface area contributed by atoms with Crippen LogP contribution in [0.1, 0.15) is 38.2 Å². The number of amides is 1. The minimum absolute atomic E-state index is 0. The van der Waals surface area contributed by atoms with E-state index in [0.29, 0.717) is 12.5 Å². The average molecular weight is 418 g/mol. The van der Waals surface area contributed by atoms with E-state index in [-0.39, 0.29) is 42.9 Å². The van der Waals surface area contributed by atoms with Crippen molar-refractivity contribution in [2.75, 3.05) is 26.2 Å². The number of hydrogen-bond acceptors (Lipinski definition) is 4. The summed E-state index contributed by atoms with van der Waals surface area (Å²) in [5.41, 5.74) is 1.33. The molecule has 5 nitrogen and oxygen atoms in total. The van der Waals surface area contributed by atoms with Crippen LogP contribution in [0.3, 0.4) is 0 Å². The van der Waals surface area contributed by atoms with Crippen molar-refractivity contribution in [1.29, 1.82) is 0 Å². The number of hydrogen-bond donors (Lipinski definition) is 2. The quantitative estimate of drug-likeness (QED) is 0.715. The molecule has 1 aromatic carbocycles. The van der Waals surface area contributed by atoms with Gasteiger partial charge in [0.25, 0.3) is 0 Å². The maximum Gasteiger partial charge on any atom is 0.221 e. The Labute approximate surface area is 175 Å². The molecule has 0 bridgehead atoms. The van der Waals surface area contributed by atoms with Gasteiger partial charge < -0.3 is 15.4 Å². The maximum atomic E-state index is 12.4. The van der Waals surface area contributed by atoms with E-state index in [4.69, 9.17) is 4.74 Å². The van der Waals surface area contributed by atoms with Gasteiger partial charge in [0.2, 0.25) is 5.91 Å². The highest BCUT2D eigenvalue weighted by atomic mass is 35.5. The number of rotatable bonds is 7. The molecule has 1 aromatic rings. The van der Waals surface area contributed by atoms with E-state index in [1.54, 1.807) is 0 Å².